The van der Waals surface area contributed by atoms with Crippen LogP contribution in [0.1, 0.15) is 44.9 Å². The van der Waals surface area contributed by atoms with Crippen molar-refractivity contribution >= 4 is 43.1 Å². The van der Waals surface area contributed by atoms with Gasteiger partial charge in [-0.1, -0.05) is 30.3 Å². The second-order valence-electron chi connectivity index (χ2n) is 12.9. The van der Waals surface area contributed by atoms with Crippen LogP contribution in [0.2, 0.25) is 0 Å². The molecule has 1 heterocycles. The molecule has 0 aliphatic rings. The van der Waals surface area contributed by atoms with Crippen LogP contribution in [0.3, 0.4) is 0 Å². The molecule has 0 saturated heterocycles. The lowest BCUT2D eigenvalue weighted by atomic mass is 10.1. The standard InChI is InChI=1S/C19H16F6N2O4S.C18H13F6N3O3S/c1-32(30,31)27(14-4-2-3-13(8-14)19(23,24)25)10-12-6-5-11(7-15(12)20)16(28)9-26-18(29)17(21)22;1-31(28,29)27(13-4-2-3-12(8-13)18(22,23)24)9-11-6-5-10(7-14(11)19)16-25-26-17(30-16)15(20)21/h2-8,17H,9-10H2,1H3,(H,26,29);2-8,15H,9H2,1H3. The number of amides is 1. The fraction of sp³-hybridized carbons (Fsp3) is 0.243. The fourth-order valence-electron chi connectivity index (χ4n) is 5.23. The Morgan fingerprint density at radius 3 is 1.56 bits per heavy atom. The molecule has 5 rings (SSSR count). The second-order valence-corrected chi connectivity index (χ2v) is 16.7. The molecule has 0 unspecified atom stereocenters. The molecule has 0 bridgehead atoms. The van der Waals surface area contributed by atoms with Crippen molar-refractivity contribution in [3.63, 3.8) is 0 Å². The second kappa shape index (κ2) is 19.5. The molecule has 0 aliphatic heterocycles. The predicted molar refractivity (Wildman–Crippen MR) is 199 cm³/mol. The maximum absolute atomic E-state index is 14.6. The first kappa shape index (κ1) is 49.5. The molecule has 0 radical (unpaired) electrons. The van der Waals surface area contributed by atoms with Gasteiger partial charge in [0.1, 0.15) is 11.6 Å². The average molecular weight is 948 g/mol. The number of carbonyl (C=O) groups is 2. The van der Waals surface area contributed by atoms with Crippen molar-refractivity contribution < 1.29 is 83.5 Å². The molecule has 5 aromatic rings. The van der Waals surface area contributed by atoms with Crippen LogP contribution in [-0.4, -0.2) is 64.2 Å². The zero-order valence-electron chi connectivity index (χ0n) is 31.9. The Morgan fingerprint density at radius 1 is 0.683 bits per heavy atom. The number of halogens is 12. The highest BCUT2D eigenvalue weighted by atomic mass is 32.2. The number of hydrogen-bond acceptors (Lipinski definition) is 9. The van der Waals surface area contributed by atoms with Gasteiger partial charge >= 0.3 is 25.2 Å². The van der Waals surface area contributed by atoms with Gasteiger partial charge in [0.2, 0.25) is 25.9 Å². The topological polar surface area (TPSA) is 160 Å². The SMILES string of the molecule is CS(=O)(=O)N(Cc1ccc(-c2nnc(C(F)F)o2)cc1F)c1cccc(C(F)(F)F)c1.CS(=O)(=O)N(Cc1ccc(C(=O)CNC(=O)C(F)F)cc1F)c1cccc(C(F)(F)F)c1. The fourth-order valence-corrected chi connectivity index (χ4v) is 6.97. The smallest absolute Gasteiger partial charge is 0.415 e. The summed E-state index contributed by atoms with van der Waals surface area (Å²) in [5.41, 5.74) is -3.59. The van der Waals surface area contributed by atoms with Gasteiger partial charge < -0.3 is 9.73 Å². The molecule has 0 fully saturated rings. The summed E-state index contributed by atoms with van der Waals surface area (Å²) < 4.78 is 211. The first-order valence-corrected chi connectivity index (χ1v) is 20.8. The summed E-state index contributed by atoms with van der Waals surface area (Å²) in [6.45, 7) is -2.11. The van der Waals surface area contributed by atoms with Crippen molar-refractivity contribution in [3.8, 4) is 11.5 Å². The zero-order chi connectivity index (χ0) is 47.2. The third-order valence-corrected chi connectivity index (χ3v) is 10.6. The molecule has 340 valence electrons. The van der Waals surface area contributed by atoms with Crippen molar-refractivity contribution in [2.75, 3.05) is 27.7 Å². The van der Waals surface area contributed by atoms with E-state index in [0.29, 0.717) is 26.8 Å². The van der Waals surface area contributed by atoms with Crippen molar-refractivity contribution in [2.24, 2.45) is 0 Å². The Morgan fingerprint density at radius 2 is 1.16 bits per heavy atom. The van der Waals surface area contributed by atoms with Crippen LogP contribution in [0.15, 0.2) is 89.3 Å². The highest BCUT2D eigenvalue weighted by Gasteiger charge is 2.33. The molecule has 0 aliphatic carbocycles. The van der Waals surface area contributed by atoms with Gasteiger partial charge in [0, 0.05) is 22.3 Å². The number of ketones is 1. The maximum Gasteiger partial charge on any atom is 0.416 e. The van der Waals surface area contributed by atoms with Gasteiger partial charge in [-0.3, -0.25) is 18.2 Å². The minimum Gasteiger partial charge on any atom is -0.415 e. The molecule has 1 amide bonds. The van der Waals surface area contributed by atoms with Crippen molar-refractivity contribution in [2.45, 2.75) is 38.3 Å². The van der Waals surface area contributed by atoms with Crippen molar-refractivity contribution in [3.05, 3.63) is 130 Å². The summed E-state index contributed by atoms with van der Waals surface area (Å²) in [6.07, 6.45) is -14.3. The van der Waals surface area contributed by atoms with Crippen molar-refractivity contribution in [1.82, 2.24) is 15.5 Å². The van der Waals surface area contributed by atoms with Crippen LogP contribution in [0.25, 0.3) is 11.5 Å². The van der Waals surface area contributed by atoms with Crippen LogP contribution in [-0.2, 0) is 50.3 Å². The van der Waals surface area contributed by atoms with Gasteiger partial charge in [0.05, 0.1) is 54.6 Å². The molecular weight excluding hydrogens is 919 g/mol. The van der Waals surface area contributed by atoms with Crippen LogP contribution < -0.4 is 13.9 Å². The summed E-state index contributed by atoms with van der Waals surface area (Å²) in [5, 5.41) is 8.17. The summed E-state index contributed by atoms with van der Waals surface area (Å²) in [6, 6.07) is 13.1. The number of alkyl halides is 10. The quantitative estimate of drug-likeness (QED) is 0.0856. The Labute approximate surface area is 349 Å². The van der Waals surface area contributed by atoms with E-state index in [4.69, 9.17) is 4.42 Å². The number of nitrogens with one attached hydrogen (secondary N) is 1. The third-order valence-electron chi connectivity index (χ3n) is 8.28. The molecular formula is C37H29F12N5O7S2. The molecule has 0 atom stereocenters. The first-order chi connectivity index (χ1) is 29.1. The highest BCUT2D eigenvalue weighted by Crippen LogP contribution is 2.35. The van der Waals surface area contributed by atoms with E-state index in [0.717, 1.165) is 73.2 Å². The Kier molecular flexibility index (Phi) is 15.3. The molecule has 0 spiro atoms. The molecule has 26 heteroatoms. The Balaban J connectivity index is 0.000000277. The minimum atomic E-state index is -4.73. The zero-order valence-corrected chi connectivity index (χ0v) is 33.5. The highest BCUT2D eigenvalue weighted by molar-refractivity contribution is 7.92. The average Bonchev–Trinajstić information content (AvgIpc) is 3.69. The normalized spacial score (nSPS) is 12.2. The number of Topliss-reactive ketones (excluding diaryl/α,β-unsaturated/α-hetero) is 1. The summed E-state index contributed by atoms with van der Waals surface area (Å²) in [7, 11) is -8.22. The largest absolute Gasteiger partial charge is 0.416 e. The summed E-state index contributed by atoms with van der Waals surface area (Å²) in [5.74, 6) is -5.90. The number of hydrogen-bond donors (Lipinski definition) is 1. The van der Waals surface area contributed by atoms with Gasteiger partial charge in [-0.25, -0.2) is 25.6 Å². The number of sulfonamides is 2. The number of benzene rings is 4. The van der Waals surface area contributed by atoms with Gasteiger partial charge in [-0.05, 0) is 54.6 Å². The Bertz CT molecular complexity index is 2680. The van der Waals surface area contributed by atoms with E-state index in [1.54, 1.807) is 5.32 Å². The number of anilines is 2. The van der Waals surface area contributed by atoms with Gasteiger partial charge in [-0.15, -0.1) is 10.2 Å². The van der Waals surface area contributed by atoms with Crippen LogP contribution in [0.4, 0.5) is 64.1 Å². The van der Waals surface area contributed by atoms with Crippen LogP contribution in [0.5, 0.6) is 0 Å². The van der Waals surface area contributed by atoms with E-state index in [1.165, 1.54) is 6.07 Å². The summed E-state index contributed by atoms with van der Waals surface area (Å²) >= 11 is 0. The minimum absolute atomic E-state index is 0.0365. The van der Waals surface area contributed by atoms with Gasteiger partial charge in [-0.2, -0.15) is 43.9 Å². The van der Waals surface area contributed by atoms with E-state index in [9.17, 15) is 79.1 Å². The van der Waals surface area contributed by atoms with E-state index in [2.05, 4.69) is 10.2 Å². The number of aromatic nitrogens is 2. The third kappa shape index (κ3) is 13.4. The van der Waals surface area contributed by atoms with Gasteiger partial charge in [0.15, 0.2) is 5.78 Å². The lowest BCUT2D eigenvalue weighted by Gasteiger charge is -2.23. The molecule has 12 nitrogen and oxygen atoms in total. The van der Waals surface area contributed by atoms with E-state index < -0.39 is 105 Å². The lowest BCUT2D eigenvalue weighted by molar-refractivity contribution is -0.138. The molecule has 4 aromatic carbocycles. The van der Waals surface area contributed by atoms with Crippen molar-refractivity contribution in [1.29, 1.82) is 0 Å². The number of carbonyl (C=O) groups excluding carboxylic acids is 2. The molecule has 1 N–H and O–H groups in total. The lowest BCUT2D eigenvalue weighted by Crippen LogP contribution is -2.34. The number of nitrogens with zero attached hydrogens (tertiary/aromatic N) is 4. The predicted octanol–water partition coefficient (Wildman–Crippen LogP) is 8.17. The summed E-state index contributed by atoms with van der Waals surface area (Å²) in [4.78, 5) is 22.7. The molecule has 63 heavy (non-hydrogen) atoms. The first-order valence-electron chi connectivity index (χ1n) is 17.1. The molecule has 0 saturated carbocycles. The van der Waals surface area contributed by atoms with Gasteiger partial charge in [0.25, 0.3) is 11.8 Å². The van der Waals surface area contributed by atoms with Crippen LogP contribution >= 0.6 is 0 Å². The molecule has 1 aromatic heterocycles. The van der Waals surface area contributed by atoms with Crippen LogP contribution in [0, 0.1) is 11.6 Å². The monoisotopic (exact) mass is 947 g/mol. The Hall–Kier alpha value is -6.18. The van der Waals surface area contributed by atoms with E-state index >= 15 is 0 Å². The van der Waals surface area contributed by atoms with E-state index in [1.807, 2.05) is 0 Å². The maximum atomic E-state index is 14.6. The van der Waals surface area contributed by atoms with E-state index in [-0.39, 0.29) is 39.5 Å². The number of rotatable bonds is 14.